The fourth-order valence-corrected chi connectivity index (χ4v) is 23.3. The Labute approximate surface area is 213 Å². The maximum atomic E-state index is 2.73. The Hall–Kier alpha value is -0.152. The van der Waals surface area contributed by atoms with Gasteiger partial charge in [-0.15, -0.1) is 0 Å². The summed E-state index contributed by atoms with van der Waals surface area (Å²) < 4.78 is 1.92. The van der Waals surface area contributed by atoms with Crippen molar-refractivity contribution < 1.29 is 16.6 Å². The molecule has 1 atom stereocenters. The van der Waals surface area contributed by atoms with Gasteiger partial charge in [0.15, 0.2) is 0 Å². The number of hydrogen-bond acceptors (Lipinski definition) is 0. The Morgan fingerprint density at radius 3 is 1.61 bits per heavy atom. The summed E-state index contributed by atoms with van der Waals surface area (Å²) in [5, 5.41) is 11.6. The van der Waals surface area contributed by atoms with Gasteiger partial charge in [0.05, 0.1) is 0 Å². The molecule has 186 valence electrons. The summed E-state index contributed by atoms with van der Waals surface area (Å²) in [4.78, 5) is 0. The molecule has 1 aromatic rings. The molecule has 0 amide bonds. The van der Waals surface area contributed by atoms with E-state index < -0.39 is 32.7 Å². The molecule has 0 aromatic heterocycles. The standard InChI is InChI=1S/C27H45Si2.3CH3.Ti/c1-19(2)17-29(18-20(3)4,27(9)16-22(6)23(7)24(27)8)26-14-21(5)13-25(15-26)28(10,11)12;;;;/h13-15,19-20H,17-18H2,1-12H3;3*1H3;. The molecule has 1 unspecified atom stereocenters. The van der Waals surface area contributed by atoms with Crippen molar-refractivity contribution in [1.29, 1.82) is 0 Å². The number of benzene rings is 1. The van der Waals surface area contributed by atoms with Crippen molar-refractivity contribution in [1.82, 2.24) is 0 Å². The quantitative estimate of drug-likeness (QED) is 0.301. The second-order valence-electron chi connectivity index (χ2n) is 14.2. The molecule has 1 aromatic carbocycles. The molecule has 1 aliphatic rings. The van der Waals surface area contributed by atoms with E-state index in [0.29, 0.717) is 11.8 Å². The first-order chi connectivity index (χ1) is 14.8. The van der Waals surface area contributed by atoms with Crippen LogP contribution in [0.25, 0.3) is 0 Å². The average molecular weight is 519 g/mol. The van der Waals surface area contributed by atoms with E-state index in [1.54, 1.807) is 27.1 Å². The van der Waals surface area contributed by atoms with Crippen LogP contribution < -0.4 is 10.4 Å². The van der Waals surface area contributed by atoms with Gasteiger partial charge < -0.3 is 0 Å². The molecule has 0 saturated heterocycles. The first-order valence-electron chi connectivity index (χ1n) is 13.3. The van der Waals surface area contributed by atoms with Crippen LogP contribution in [0, 0.1) is 18.8 Å². The van der Waals surface area contributed by atoms with E-state index in [1.165, 1.54) is 17.7 Å². The summed E-state index contributed by atoms with van der Waals surface area (Å²) in [6, 6.07) is 10.6. The van der Waals surface area contributed by atoms with E-state index in [0.717, 1.165) is 0 Å². The number of allylic oxidation sites excluding steroid dienone is 4. The van der Waals surface area contributed by atoms with E-state index >= 15 is 0 Å². The minimum absolute atomic E-state index is 0.235. The summed E-state index contributed by atoms with van der Waals surface area (Å²) in [5.41, 5.74) is 6.45. The number of rotatable bonds is 8. The van der Waals surface area contributed by atoms with Crippen molar-refractivity contribution in [2.24, 2.45) is 11.8 Å². The van der Waals surface area contributed by atoms with Gasteiger partial charge in [-0.3, -0.25) is 0 Å². The Morgan fingerprint density at radius 2 is 1.21 bits per heavy atom. The summed E-state index contributed by atoms with van der Waals surface area (Å²) in [6.07, 6.45) is 0. The van der Waals surface area contributed by atoms with Gasteiger partial charge in [-0.25, -0.2) is 0 Å². The monoisotopic (exact) mass is 518 g/mol. The molecule has 0 heterocycles. The first kappa shape index (κ1) is 29.1. The fraction of sp³-hybridized carbons (Fsp3) is 0.667. The van der Waals surface area contributed by atoms with Crippen LogP contribution in [-0.2, 0) is 16.6 Å². The van der Waals surface area contributed by atoms with Crippen molar-refractivity contribution in [2.45, 2.75) is 115 Å². The Kier molecular flexibility index (Phi) is 8.56. The topological polar surface area (TPSA) is 0 Å². The van der Waals surface area contributed by atoms with Crippen LogP contribution in [0.3, 0.4) is 0 Å². The number of hydrogen-bond donors (Lipinski definition) is 0. The summed E-state index contributed by atoms with van der Waals surface area (Å²) in [5.74, 6) is 1.43. The molecule has 0 bridgehead atoms. The third-order valence-corrected chi connectivity index (χ3v) is 21.5. The van der Waals surface area contributed by atoms with Crippen molar-refractivity contribution in [2.75, 3.05) is 0 Å². The van der Waals surface area contributed by atoms with Crippen LogP contribution in [0.2, 0.25) is 52.5 Å². The van der Waals surface area contributed by atoms with E-state index in [1.807, 2.05) is 3.88 Å². The fourth-order valence-electron chi connectivity index (χ4n) is 7.22. The van der Waals surface area contributed by atoms with Gasteiger partial charge in [0, 0.05) is 0 Å². The second kappa shape index (κ2) is 9.72. The zero-order valence-corrected chi connectivity index (χ0v) is 28.4. The second-order valence-corrected chi connectivity index (χ2v) is 31.7. The van der Waals surface area contributed by atoms with Gasteiger partial charge in [0.25, 0.3) is 0 Å². The molecule has 2 rings (SSSR count). The van der Waals surface area contributed by atoms with Crippen molar-refractivity contribution in [3.8, 4) is 0 Å². The van der Waals surface area contributed by atoms with Crippen LogP contribution in [0.15, 0.2) is 38.8 Å². The van der Waals surface area contributed by atoms with Crippen LogP contribution in [0.1, 0.15) is 61.0 Å². The van der Waals surface area contributed by atoms with E-state index in [4.69, 9.17) is 0 Å². The van der Waals surface area contributed by atoms with Crippen LogP contribution in [-0.4, -0.2) is 16.1 Å². The molecule has 3 heteroatoms. The predicted octanol–water partition coefficient (Wildman–Crippen LogP) is 9.19. The predicted molar refractivity (Wildman–Crippen MR) is 156 cm³/mol. The van der Waals surface area contributed by atoms with Crippen LogP contribution in [0.4, 0.5) is 0 Å². The molecule has 0 fully saturated rings. The molecule has 0 N–H and O–H groups in total. The Balaban J connectivity index is 3.09. The molecule has 33 heavy (non-hydrogen) atoms. The molecular weight excluding hydrogens is 464 g/mol. The molecule has 0 aliphatic heterocycles. The summed E-state index contributed by atoms with van der Waals surface area (Å²) in [7, 11) is -3.40. The normalized spacial score (nSPS) is 20.6. The molecular formula is C30H54Si2Ti. The SMILES string of the molecule is CC1=C(C)C(C)([Si](CC(C)C)(CC(C)C)c2cc(C)cc([Si](C)(C)C)c2)[C]([Ti]([CH3])([CH3])[CH3])=C1C. The van der Waals surface area contributed by atoms with Gasteiger partial charge in [-0.05, 0) is 0 Å². The van der Waals surface area contributed by atoms with Gasteiger partial charge in [-0.1, -0.05) is 0 Å². The van der Waals surface area contributed by atoms with E-state index in [-0.39, 0.29) is 5.04 Å². The van der Waals surface area contributed by atoms with E-state index in [9.17, 15) is 0 Å². The van der Waals surface area contributed by atoms with Gasteiger partial charge in [0.1, 0.15) is 0 Å². The van der Waals surface area contributed by atoms with Crippen molar-refractivity contribution in [3.05, 3.63) is 44.4 Å². The summed E-state index contributed by atoms with van der Waals surface area (Å²) in [6.45, 7) is 30.0. The van der Waals surface area contributed by atoms with Gasteiger partial charge in [0.2, 0.25) is 0 Å². The third-order valence-electron chi connectivity index (χ3n) is 8.47. The molecule has 0 spiro atoms. The van der Waals surface area contributed by atoms with Crippen LogP contribution in [0.5, 0.6) is 0 Å². The Bertz CT molecular complexity index is 940. The zero-order valence-electron chi connectivity index (χ0n) is 24.8. The van der Waals surface area contributed by atoms with E-state index in [2.05, 4.69) is 116 Å². The number of aryl methyl sites for hydroxylation is 1. The first-order valence-corrected chi connectivity index (χ1v) is 24.7. The summed E-state index contributed by atoms with van der Waals surface area (Å²) >= 11 is -2.13. The average Bonchev–Trinajstić information content (AvgIpc) is 2.80. The van der Waals surface area contributed by atoms with Crippen molar-refractivity contribution in [3.63, 3.8) is 0 Å². The molecule has 0 radical (unpaired) electrons. The van der Waals surface area contributed by atoms with Crippen LogP contribution >= 0.6 is 0 Å². The zero-order chi connectivity index (χ0) is 25.7. The Morgan fingerprint density at radius 1 is 0.758 bits per heavy atom. The van der Waals surface area contributed by atoms with Crippen molar-refractivity contribution >= 4 is 26.5 Å². The molecule has 0 saturated carbocycles. The molecule has 0 nitrogen and oxygen atoms in total. The molecule has 1 aliphatic carbocycles. The third kappa shape index (κ3) is 5.35. The minimum atomic E-state index is -2.13. The maximum absolute atomic E-state index is 2.73. The van der Waals surface area contributed by atoms with Gasteiger partial charge in [-0.2, -0.15) is 0 Å². The van der Waals surface area contributed by atoms with Gasteiger partial charge >= 0.3 is 214 Å².